The molecular weight excluding hydrogens is 226 g/mol. The van der Waals surface area contributed by atoms with Crippen LogP contribution in [0.2, 0.25) is 0 Å². The normalized spacial score (nSPS) is 20.2. The number of phenols is 1. The Balaban J connectivity index is 2.03. The average molecular weight is 249 g/mol. The first kappa shape index (κ1) is 13.2. The van der Waals surface area contributed by atoms with Gasteiger partial charge in [0.25, 0.3) is 0 Å². The number of ether oxygens (including phenoxy) is 1. The third-order valence-corrected chi connectivity index (χ3v) is 3.72. The zero-order chi connectivity index (χ0) is 13.0. The number of rotatable bonds is 5. The van der Waals surface area contributed by atoms with Gasteiger partial charge < -0.3 is 9.84 Å². The number of benzene rings is 1. The molecule has 3 heteroatoms. The van der Waals surface area contributed by atoms with Crippen LogP contribution in [-0.4, -0.2) is 29.7 Å². The maximum Gasteiger partial charge on any atom is 0.162 e. The number of nitrogens with zero attached hydrogens (tertiary/aromatic N) is 1. The monoisotopic (exact) mass is 249 g/mol. The molecule has 1 fully saturated rings. The maximum absolute atomic E-state index is 10.2. The Morgan fingerprint density at radius 2 is 2.22 bits per heavy atom. The lowest BCUT2D eigenvalue weighted by atomic mass is 10.1. The van der Waals surface area contributed by atoms with Gasteiger partial charge in [-0.3, -0.25) is 4.90 Å². The van der Waals surface area contributed by atoms with Crippen LogP contribution in [0.25, 0.3) is 0 Å². The second-order valence-electron chi connectivity index (χ2n) is 4.99. The number of phenolic OH excluding ortho intramolecular Hbond substituents is 1. The Labute approximate surface area is 109 Å². The van der Waals surface area contributed by atoms with E-state index in [4.69, 9.17) is 4.74 Å². The zero-order valence-electron chi connectivity index (χ0n) is 11.4. The van der Waals surface area contributed by atoms with E-state index in [-0.39, 0.29) is 0 Å². The Bertz CT molecular complexity index is 392. The third kappa shape index (κ3) is 2.96. The third-order valence-electron chi connectivity index (χ3n) is 3.72. The van der Waals surface area contributed by atoms with Crippen molar-refractivity contribution in [3.05, 3.63) is 23.8 Å². The molecule has 1 unspecified atom stereocenters. The summed E-state index contributed by atoms with van der Waals surface area (Å²) in [5.74, 6) is 1.72. The summed E-state index contributed by atoms with van der Waals surface area (Å²) in [7, 11) is 0. The van der Waals surface area contributed by atoms with Crippen molar-refractivity contribution in [1.29, 1.82) is 0 Å². The number of aromatic hydroxyl groups is 1. The highest BCUT2D eigenvalue weighted by molar-refractivity contribution is 5.45. The molecule has 100 valence electrons. The molecule has 1 heterocycles. The van der Waals surface area contributed by atoms with Gasteiger partial charge >= 0.3 is 0 Å². The summed E-state index contributed by atoms with van der Waals surface area (Å²) in [5.41, 5.74) is 0.970. The van der Waals surface area contributed by atoms with E-state index < -0.39 is 0 Å². The molecule has 1 aliphatic heterocycles. The average Bonchev–Trinajstić information content (AvgIpc) is 2.82. The molecule has 0 saturated carbocycles. The topological polar surface area (TPSA) is 32.7 Å². The van der Waals surface area contributed by atoms with Crippen LogP contribution in [-0.2, 0) is 6.54 Å². The fourth-order valence-electron chi connectivity index (χ4n) is 2.60. The van der Waals surface area contributed by atoms with E-state index in [1.807, 2.05) is 25.1 Å². The van der Waals surface area contributed by atoms with Gasteiger partial charge in [0.2, 0.25) is 0 Å². The van der Waals surface area contributed by atoms with Crippen LogP contribution < -0.4 is 4.74 Å². The largest absolute Gasteiger partial charge is 0.504 e. The second kappa shape index (κ2) is 6.10. The molecule has 1 saturated heterocycles. The summed E-state index contributed by atoms with van der Waals surface area (Å²) in [6.45, 7) is 7.87. The van der Waals surface area contributed by atoms with Gasteiger partial charge in [-0.25, -0.2) is 0 Å². The van der Waals surface area contributed by atoms with Gasteiger partial charge in [0.05, 0.1) is 6.61 Å². The van der Waals surface area contributed by atoms with E-state index in [1.165, 1.54) is 12.8 Å². The highest BCUT2D eigenvalue weighted by Crippen LogP contribution is 2.32. The Morgan fingerprint density at radius 1 is 1.39 bits per heavy atom. The molecule has 0 bridgehead atoms. The highest BCUT2D eigenvalue weighted by Gasteiger charge is 2.22. The molecule has 1 aromatic carbocycles. The standard InChI is InChI=1S/C15H23NO2/c1-3-12-8-9-16(10-12)11-13-6-5-7-14(15(13)17)18-4-2/h5-7,12,17H,3-4,8-11H2,1-2H3. The van der Waals surface area contributed by atoms with Crippen LogP contribution in [0.5, 0.6) is 11.5 Å². The molecule has 1 aromatic rings. The lowest BCUT2D eigenvalue weighted by molar-refractivity contribution is 0.296. The van der Waals surface area contributed by atoms with Crippen molar-refractivity contribution in [2.45, 2.75) is 33.2 Å². The van der Waals surface area contributed by atoms with Gasteiger partial charge in [0, 0.05) is 18.7 Å². The van der Waals surface area contributed by atoms with Gasteiger partial charge in [0.1, 0.15) is 0 Å². The van der Waals surface area contributed by atoms with Crippen LogP contribution in [0, 0.1) is 5.92 Å². The van der Waals surface area contributed by atoms with Gasteiger partial charge in [-0.1, -0.05) is 25.5 Å². The first-order valence-electron chi connectivity index (χ1n) is 6.90. The predicted molar refractivity (Wildman–Crippen MR) is 73.0 cm³/mol. The summed E-state index contributed by atoms with van der Waals surface area (Å²) in [6.07, 6.45) is 2.53. The fraction of sp³-hybridized carbons (Fsp3) is 0.600. The summed E-state index contributed by atoms with van der Waals surface area (Å²) in [5, 5.41) is 10.2. The highest BCUT2D eigenvalue weighted by atomic mass is 16.5. The smallest absolute Gasteiger partial charge is 0.162 e. The fourth-order valence-corrected chi connectivity index (χ4v) is 2.60. The predicted octanol–water partition coefficient (Wildman–Crippen LogP) is 3.02. The van der Waals surface area contributed by atoms with Gasteiger partial charge in [-0.2, -0.15) is 0 Å². The molecule has 0 amide bonds. The Morgan fingerprint density at radius 3 is 2.89 bits per heavy atom. The van der Waals surface area contributed by atoms with Crippen LogP contribution in [0.4, 0.5) is 0 Å². The minimum Gasteiger partial charge on any atom is -0.504 e. The Kier molecular flexibility index (Phi) is 4.48. The first-order valence-corrected chi connectivity index (χ1v) is 6.90. The van der Waals surface area contributed by atoms with Crippen molar-refractivity contribution >= 4 is 0 Å². The molecule has 1 aliphatic rings. The van der Waals surface area contributed by atoms with E-state index in [1.54, 1.807) is 0 Å². The van der Waals surface area contributed by atoms with E-state index in [9.17, 15) is 5.11 Å². The van der Waals surface area contributed by atoms with Gasteiger partial charge in [-0.15, -0.1) is 0 Å². The van der Waals surface area contributed by atoms with Crippen LogP contribution in [0.1, 0.15) is 32.3 Å². The summed E-state index contributed by atoms with van der Waals surface area (Å²) < 4.78 is 5.42. The number of para-hydroxylation sites is 1. The molecule has 0 aliphatic carbocycles. The summed E-state index contributed by atoms with van der Waals surface area (Å²) in [4.78, 5) is 2.42. The second-order valence-corrected chi connectivity index (χ2v) is 4.99. The van der Waals surface area contributed by atoms with Gasteiger partial charge in [0.15, 0.2) is 11.5 Å². The minimum absolute atomic E-state index is 0.305. The van der Waals surface area contributed by atoms with Crippen LogP contribution >= 0.6 is 0 Å². The van der Waals surface area contributed by atoms with Crippen LogP contribution in [0.15, 0.2) is 18.2 Å². The van der Waals surface area contributed by atoms with Crippen molar-refractivity contribution in [3.63, 3.8) is 0 Å². The molecule has 1 N–H and O–H groups in total. The minimum atomic E-state index is 0.305. The van der Waals surface area contributed by atoms with Crippen molar-refractivity contribution in [2.75, 3.05) is 19.7 Å². The molecule has 0 spiro atoms. The molecular formula is C15H23NO2. The number of likely N-dealkylation sites (tertiary alicyclic amines) is 1. The lowest BCUT2D eigenvalue weighted by Crippen LogP contribution is -2.20. The molecule has 2 rings (SSSR count). The van der Waals surface area contributed by atoms with Crippen molar-refractivity contribution in [3.8, 4) is 11.5 Å². The lowest BCUT2D eigenvalue weighted by Gasteiger charge is -2.17. The molecule has 0 aromatic heterocycles. The zero-order valence-corrected chi connectivity index (χ0v) is 11.4. The molecule has 18 heavy (non-hydrogen) atoms. The summed E-state index contributed by atoms with van der Waals surface area (Å²) in [6, 6.07) is 5.76. The molecule has 1 atom stereocenters. The van der Waals surface area contributed by atoms with Crippen molar-refractivity contribution in [1.82, 2.24) is 4.90 Å². The quantitative estimate of drug-likeness (QED) is 0.870. The van der Waals surface area contributed by atoms with E-state index in [2.05, 4.69) is 11.8 Å². The summed E-state index contributed by atoms with van der Waals surface area (Å²) >= 11 is 0. The molecule has 0 radical (unpaired) electrons. The number of hydrogen-bond donors (Lipinski definition) is 1. The Hall–Kier alpha value is -1.22. The van der Waals surface area contributed by atoms with Crippen molar-refractivity contribution < 1.29 is 9.84 Å². The molecule has 3 nitrogen and oxygen atoms in total. The van der Waals surface area contributed by atoms with E-state index in [0.717, 1.165) is 31.1 Å². The van der Waals surface area contributed by atoms with Crippen LogP contribution in [0.3, 0.4) is 0 Å². The first-order chi connectivity index (χ1) is 8.74. The number of hydrogen-bond acceptors (Lipinski definition) is 3. The maximum atomic E-state index is 10.2. The van der Waals surface area contributed by atoms with E-state index >= 15 is 0 Å². The van der Waals surface area contributed by atoms with Crippen molar-refractivity contribution in [2.24, 2.45) is 5.92 Å². The SMILES string of the molecule is CCOc1cccc(CN2CCC(CC)C2)c1O. The van der Waals surface area contributed by atoms with E-state index in [0.29, 0.717) is 18.1 Å². The van der Waals surface area contributed by atoms with Gasteiger partial charge in [-0.05, 0) is 31.9 Å².